The molecule has 5 rings (SSSR count). The fraction of sp³-hybridized carbons (Fsp3) is 0.522. The highest BCUT2D eigenvalue weighted by Crippen LogP contribution is 2.37. The van der Waals surface area contributed by atoms with Crippen molar-refractivity contribution in [3.63, 3.8) is 0 Å². The zero-order chi connectivity index (χ0) is 24.2. The molecule has 3 aliphatic rings. The lowest BCUT2D eigenvalue weighted by molar-refractivity contribution is -0.119. The van der Waals surface area contributed by atoms with Gasteiger partial charge in [-0.2, -0.15) is 4.99 Å². The predicted molar refractivity (Wildman–Crippen MR) is 131 cm³/mol. The molecule has 0 radical (unpaired) electrons. The molecule has 0 aliphatic carbocycles. The summed E-state index contributed by atoms with van der Waals surface area (Å²) in [6.07, 6.45) is 2.38. The maximum Gasteiger partial charge on any atom is 0.259 e. The fourth-order valence-electron chi connectivity index (χ4n) is 4.41. The second kappa shape index (κ2) is 10.4. The van der Waals surface area contributed by atoms with Crippen LogP contribution in [0.5, 0.6) is 11.5 Å². The number of aliphatic imine (C=N–C) groups is 2. The minimum atomic E-state index is -0.562. The summed E-state index contributed by atoms with van der Waals surface area (Å²) in [5.41, 5.74) is 6.46. The predicted octanol–water partition coefficient (Wildman–Crippen LogP) is 0.0141. The number of hydrogen-bond donors (Lipinski definition) is 2. The van der Waals surface area contributed by atoms with Gasteiger partial charge in [0, 0.05) is 44.3 Å². The van der Waals surface area contributed by atoms with E-state index < -0.39 is 5.92 Å². The molecule has 4 heterocycles. The fourth-order valence-corrected chi connectivity index (χ4v) is 4.41. The van der Waals surface area contributed by atoms with Crippen molar-refractivity contribution in [2.24, 2.45) is 26.6 Å². The number of nitrogens with two attached hydrogens (primary N) is 1. The van der Waals surface area contributed by atoms with Crippen LogP contribution in [0, 0.1) is 5.92 Å². The van der Waals surface area contributed by atoms with Crippen LogP contribution in [0.2, 0.25) is 0 Å². The molecule has 1 amide bonds. The topological polar surface area (TPSA) is 141 Å². The Kier molecular flexibility index (Phi) is 6.91. The highest BCUT2D eigenvalue weighted by molar-refractivity contribution is 6.00. The van der Waals surface area contributed by atoms with Gasteiger partial charge in [0.15, 0.2) is 11.5 Å². The van der Waals surface area contributed by atoms with Gasteiger partial charge in [0.2, 0.25) is 11.6 Å². The molecule has 1 unspecified atom stereocenters. The normalized spacial score (nSPS) is 20.4. The molecule has 1 atom stereocenters. The summed E-state index contributed by atoms with van der Waals surface area (Å²) < 4.78 is 19.1. The molecule has 3 N–H and O–H groups in total. The van der Waals surface area contributed by atoms with E-state index in [1.165, 1.54) is 6.21 Å². The Bertz CT molecular complexity index is 1230. The third-order valence-corrected chi connectivity index (χ3v) is 6.25. The van der Waals surface area contributed by atoms with Gasteiger partial charge in [-0.15, -0.1) is 0 Å². The second-order valence-corrected chi connectivity index (χ2v) is 8.52. The molecule has 12 heteroatoms. The van der Waals surface area contributed by atoms with Crippen LogP contribution in [-0.4, -0.2) is 92.2 Å². The molecule has 0 bridgehead atoms. The molecule has 0 spiro atoms. The Labute approximate surface area is 202 Å². The average Bonchev–Trinajstić information content (AvgIpc) is 3.38. The second-order valence-electron chi connectivity index (χ2n) is 8.52. The molecule has 3 aliphatic heterocycles. The zero-order valence-corrected chi connectivity index (χ0v) is 19.8. The molecule has 0 saturated carbocycles. The number of methoxy groups -OCH3 is 1. The largest absolute Gasteiger partial charge is 0.491 e. The van der Waals surface area contributed by atoms with E-state index in [4.69, 9.17) is 24.9 Å². The first-order chi connectivity index (χ1) is 17.1. The third-order valence-electron chi connectivity index (χ3n) is 6.25. The zero-order valence-electron chi connectivity index (χ0n) is 19.8. The Morgan fingerprint density at radius 2 is 2.17 bits per heavy atom. The molecule has 1 aromatic heterocycles. The molecule has 1 aromatic carbocycles. The maximum atomic E-state index is 12.8. The first-order valence-corrected chi connectivity index (χ1v) is 11.8. The Balaban J connectivity index is 1.41. The van der Waals surface area contributed by atoms with Gasteiger partial charge >= 0.3 is 0 Å². The number of nitrogens with one attached hydrogen (secondary N) is 1. The smallest absolute Gasteiger partial charge is 0.259 e. The maximum absolute atomic E-state index is 12.8. The van der Waals surface area contributed by atoms with E-state index in [0.717, 1.165) is 50.5 Å². The van der Waals surface area contributed by atoms with Gasteiger partial charge < -0.3 is 25.3 Å². The first-order valence-electron chi connectivity index (χ1n) is 11.8. The van der Waals surface area contributed by atoms with E-state index in [1.807, 2.05) is 16.7 Å². The number of rotatable bonds is 7. The number of anilines is 1. The number of fused-ring (bicyclic) bond motifs is 3. The highest BCUT2D eigenvalue weighted by Gasteiger charge is 2.23. The number of carbonyl (C=O) groups excluding carboxylic acids is 1. The van der Waals surface area contributed by atoms with Crippen molar-refractivity contribution in [3.05, 3.63) is 17.8 Å². The minimum Gasteiger partial charge on any atom is -0.491 e. The number of aromatic nitrogens is 2. The number of ether oxygens (including phenoxy) is 3. The van der Waals surface area contributed by atoms with Crippen LogP contribution in [-0.2, 0) is 16.1 Å². The van der Waals surface area contributed by atoms with Gasteiger partial charge in [0.1, 0.15) is 11.3 Å². The van der Waals surface area contributed by atoms with Crippen LogP contribution >= 0.6 is 0 Å². The number of amides is 1. The van der Waals surface area contributed by atoms with Crippen LogP contribution in [0.3, 0.4) is 0 Å². The number of hydrogen-bond acceptors (Lipinski definition) is 10. The molecule has 186 valence electrons. The van der Waals surface area contributed by atoms with Gasteiger partial charge in [-0.1, -0.05) is 0 Å². The third kappa shape index (κ3) is 4.98. The molecule has 1 fully saturated rings. The summed E-state index contributed by atoms with van der Waals surface area (Å²) in [4.78, 5) is 32.2. The lowest BCUT2D eigenvalue weighted by Gasteiger charge is -2.26. The molecule has 12 nitrogen and oxygen atoms in total. The van der Waals surface area contributed by atoms with Crippen molar-refractivity contribution in [1.82, 2.24) is 14.5 Å². The lowest BCUT2D eigenvalue weighted by atomic mass is 10.1. The van der Waals surface area contributed by atoms with Crippen LogP contribution in [0.4, 0.5) is 5.82 Å². The Hall–Kier alpha value is -3.51. The van der Waals surface area contributed by atoms with E-state index in [0.29, 0.717) is 42.3 Å². The molecule has 1 saturated heterocycles. The van der Waals surface area contributed by atoms with Crippen molar-refractivity contribution < 1.29 is 19.0 Å². The van der Waals surface area contributed by atoms with E-state index in [9.17, 15) is 4.79 Å². The quantitative estimate of drug-likeness (QED) is 0.526. The molecule has 35 heavy (non-hydrogen) atoms. The number of nitrogens with zero attached hydrogens (tertiary/aromatic N) is 6. The number of morpholine rings is 1. The van der Waals surface area contributed by atoms with Gasteiger partial charge in [-0.25, -0.2) is 9.98 Å². The SMILES string of the molecule is COc1c(OCCCN2CCOCC2)ccc2c3n(c(=NC(=O)C4C=NC(N)=NC4)nc12)CCN3. The number of benzene rings is 1. The van der Waals surface area contributed by atoms with Crippen molar-refractivity contribution in [2.75, 3.05) is 65.0 Å². The Morgan fingerprint density at radius 1 is 1.31 bits per heavy atom. The van der Waals surface area contributed by atoms with Crippen molar-refractivity contribution in [3.8, 4) is 11.5 Å². The molecular weight excluding hydrogens is 452 g/mol. The minimum absolute atomic E-state index is 0.166. The average molecular weight is 483 g/mol. The van der Waals surface area contributed by atoms with Crippen molar-refractivity contribution in [1.29, 1.82) is 0 Å². The Morgan fingerprint density at radius 3 is 2.94 bits per heavy atom. The standard InChI is InChI=1S/C23H30N8O4/c1-33-19-17(35-10-2-6-30-8-11-34-12-9-30)4-3-16-18(19)28-23(31-7-5-25-20(16)31)29-21(32)15-13-26-22(24)27-14-15/h3-4,13,15,25H,2,5-12,14H2,1H3,(H2,24,27). The van der Waals surface area contributed by atoms with E-state index in [1.54, 1.807) is 7.11 Å². The summed E-state index contributed by atoms with van der Waals surface area (Å²) in [6, 6.07) is 3.87. The summed E-state index contributed by atoms with van der Waals surface area (Å²) >= 11 is 0. The van der Waals surface area contributed by atoms with E-state index >= 15 is 0 Å². The van der Waals surface area contributed by atoms with Gasteiger partial charge in [0.05, 0.1) is 39.4 Å². The molecule has 2 aromatic rings. The van der Waals surface area contributed by atoms with Crippen LogP contribution < -0.4 is 26.1 Å². The van der Waals surface area contributed by atoms with Gasteiger partial charge in [-0.05, 0) is 18.6 Å². The van der Waals surface area contributed by atoms with Crippen molar-refractivity contribution >= 4 is 34.8 Å². The summed E-state index contributed by atoms with van der Waals surface area (Å²) in [7, 11) is 1.59. The van der Waals surface area contributed by atoms with Gasteiger partial charge in [0.25, 0.3) is 5.91 Å². The van der Waals surface area contributed by atoms with Crippen LogP contribution in [0.25, 0.3) is 10.9 Å². The van der Waals surface area contributed by atoms with Crippen LogP contribution in [0.1, 0.15) is 6.42 Å². The van der Waals surface area contributed by atoms with Crippen LogP contribution in [0.15, 0.2) is 27.1 Å². The van der Waals surface area contributed by atoms with Gasteiger partial charge in [-0.3, -0.25) is 19.3 Å². The van der Waals surface area contributed by atoms with E-state index in [-0.39, 0.29) is 18.4 Å². The van der Waals surface area contributed by atoms with Crippen molar-refractivity contribution in [2.45, 2.75) is 13.0 Å². The van der Waals surface area contributed by atoms with E-state index in [2.05, 4.69) is 25.2 Å². The first kappa shape index (κ1) is 23.2. The lowest BCUT2D eigenvalue weighted by Crippen LogP contribution is -2.37. The summed E-state index contributed by atoms with van der Waals surface area (Å²) in [5, 5.41) is 4.25. The molecular formula is C23H30N8O4. The number of carbonyl (C=O) groups is 1. The monoisotopic (exact) mass is 482 g/mol. The summed E-state index contributed by atoms with van der Waals surface area (Å²) in [6.45, 7) is 6.57. The highest BCUT2D eigenvalue weighted by atomic mass is 16.5. The number of guanidine groups is 1. The summed E-state index contributed by atoms with van der Waals surface area (Å²) in [5.74, 6) is 1.21.